The van der Waals surface area contributed by atoms with Crippen molar-refractivity contribution in [1.29, 1.82) is 0 Å². The van der Waals surface area contributed by atoms with Gasteiger partial charge in [0.15, 0.2) is 0 Å². The zero-order chi connectivity index (χ0) is 43.9. The Hall–Kier alpha value is -5.77. The fourth-order valence-corrected chi connectivity index (χ4v) is 7.26. The van der Waals surface area contributed by atoms with Gasteiger partial charge in [-0.15, -0.1) is 0 Å². The number of carboxylic acid groups (broad SMARTS) is 1. The number of hydrogen-bond acceptors (Lipinski definition) is 8. The van der Waals surface area contributed by atoms with Crippen LogP contribution >= 0.6 is 0 Å². The van der Waals surface area contributed by atoms with Crippen molar-refractivity contribution < 1.29 is 38.7 Å². The van der Waals surface area contributed by atoms with E-state index in [0.717, 1.165) is 28.5 Å². The van der Waals surface area contributed by atoms with Crippen LogP contribution in [0, 0.1) is 17.8 Å². The molecule has 0 unspecified atom stereocenters. The van der Waals surface area contributed by atoms with E-state index < -0.39 is 84.2 Å². The fraction of sp³-hybridized carbons (Fsp3) is 0.523. The lowest BCUT2D eigenvalue weighted by atomic mass is 9.97. The van der Waals surface area contributed by atoms with Gasteiger partial charge in [0.25, 0.3) is 0 Å². The molecule has 16 nitrogen and oxygen atoms in total. The molecule has 6 amide bonds. The molecule has 2 heterocycles. The first-order valence-electron chi connectivity index (χ1n) is 20.9. The number of carbonyl (C=O) groups excluding carboxylic acids is 6. The third kappa shape index (κ3) is 14.2. The summed E-state index contributed by atoms with van der Waals surface area (Å²) in [6, 6.07) is 10.8. The van der Waals surface area contributed by atoms with Crippen LogP contribution in [0.3, 0.4) is 0 Å². The van der Waals surface area contributed by atoms with E-state index in [1.165, 1.54) is 0 Å². The molecule has 0 spiro atoms. The maximum Gasteiger partial charge on any atom is 0.322 e. The summed E-state index contributed by atoms with van der Waals surface area (Å²) in [5, 5.41) is 29.5. The largest absolute Gasteiger partial charge is 0.480 e. The molecule has 1 saturated heterocycles. The van der Waals surface area contributed by atoms with E-state index in [0.29, 0.717) is 13.0 Å². The number of benzene rings is 2. The zero-order valence-corrected chi connectivity index (χ0v) is 35.4. The highest BCUT2D eigenvalue weighted by Crippen LogP contribution is 2.20. The molecular weight excluding hydrogens is 769 g/mol. The van der Waals surface area contributed by atoms with E-state index in [1.807, 2.05) is 82.3 Å². The highest BCUT2D eigenvalue weighted by atomic mass is 16.4. The molecule has 1 aromatic heterocycles. The minimum atomic E-state index is -1.23. The number of carboxylic acids is 1. The Morgan fingerprint density at radius 1 is 0.667 bits per heavy atom. The van der Waals surface area contributed by atoms with Gasteiger partial charge in [0, 0.05) is 29.9 Å². The molecule has 4 rings (SSSR count). The van der Waals surface area contributed by atoms with Crippen LogP contribution in [0.2, 0.25) is 0 Å². The van der Waals surface area contributed by atoms with Crippen molar-refractivity contribution in [3.63, 3.8) is 0 Å². The molecule has 1 fully saturated rings. The summed E-state index contributed by atoms with van der Waals surface area (Å²) < 4.78 is 0. The second kappa shape index (κ2) is 22.6. The number of amides is 6. The molecule has 1 aliphatic heterocycles. The maximum atomic E-state index is 14.5. The smallest absolute Gasteiger partial charge is 0.322 e. The summed E-state index contributed by atoms with van der Waals surface area (Å²) in [5.41, 5.74) is 2.39. The van der Waals surface area contributed by atoms with Gasteiger partial charge in [0.05, 0.1) is 6.04 Å². The van der Waals surface area contributed by atoms with Gasteiger partial charge in [0.2, 0.25) is 35.4 Å². The fourth-order valence-electron chi connectivity index (χ4n) is 7.26. The van der Waals surface area contributed by atoms with Gasteiger partial charge in [-0.25, -0.2) is 0 Å². The molecule has 0 aliphatic carbocycles. The molecule has 0 radical (unpaired) electrons. The molecule has 6 atom stereocenters. The Morgan fingerprint density at radius 3 is 1.83 bits per heavy atom. The van der Waals surface area contributed by atoms with Gasteiger partial charge in [-0.05, 0) is 67.2 Å². The Bertz CT molecular complexity index is 1940. The number of carbonyl (C=O) groups is 7. The van der Waals surface area contributed by atoms with Crippen molar-refractivity contribution in [2.24, 2.45) is 17.8 Å². The Labute approximate surface area is 351 Å². The number of nitrogens with one attached hydrogen (secondary N) is 8. The Morgan fingerprint density at radius 2 is 1.23 bits per heavy atom. The third-order valence-corrected chi connectivity index (χ3v) is 10.4. The van der Waals surface area contributed by atoms with Crippen LogP contribution in [0.4, 0.5) is 0 Å². The van der Waals surface area contributed by atoms with Crippen LogP contribution in [0.15, 0.2) is 60.8 Å². The van der Waals surface area contributed by atoms with Crippen molar-refractivity contribution in [2.45, 2.75) is 116 Å². The van der Waals surface area contributed by atoms with E-state index in [1.54, 1.807) is 20.0 Å². The first kappa shape index (κ1) is 46.9. The predicted octanol–water partition coefficient (Wildman–Crippen LogP) is 2.08. The van der Waals surface area contributed by atoms with Crippen molar-refractivity contribution in [2.75, 3.05) is 13.1 Å². The van der Waals surface area contributed by atoms with Gasteiger partial charge in [-0.1, -0.05) is 90.1 Å². The number of fused-ring (bicyclic) bond motifs is 1. The minimum absolute atomic E-state index is 0.0320. The van der Waals surface area contributed by atoms with Crippen LogP contribution in [-0.4, -0.2) is 101 Å². The second-order valence-corrected chi connectivity index (χ2v) is 16.7. The van der Waals surface area contributed by atoms with Crippen LogP contribution in [-0.2, 0) is 46.4 Å². The molecular formula is C44H62N8O8. The highest BCUT2D eigenvalue weighted by molar-refractivity contribution is 5.97. The highest BCUT2D eigenvalue weighted by Gasteiger charge is 2.35. The van der Waals surface area contributed by atoms with E-state index in [4.69, 9.17) is 5.11 Å². The molecule has 1 aliphatic rings. The normalized spacial score (nSPS) is 16.4. The van der Waals surface area contributed by atoms with Gasteiger partial charge >= 0.3 is 5.97 Å². The van der Waals surface area contributed by atoms with Crippen molar-refractivity contribution in [3.8, 4) is 0 Å². The monoisotopic (exact) mass is 830 g/mol. The minimum Gasteiger partial charge on any atom is -0.480 e. The summed E-state index contributed by atoms with van der Waals surface area (Å²) in [4.78, 5) is 97.0. The molecule has 60 heavy (non-hydrogen) atoms. The Balaban J connectivity index is 1.59. The number of aliphatic carboxylic acids is 1. The van der Waals surface area contributed by atoms with E-state index in [-0.39, 0.29) is 43.4 Å². The van der Waals surface area contributed by atoms with E-state index in [2.05, 4.69) is 42.2 Å². The van der Waals surface area contributed by atoms with Gasteiger partial charge in [-0.3, -0.25) is 33.6 Å². The summed E-state index contributed by atoms with van der Waals surface area (Å²) in [7, 11) is 0. The lowest BCUT2D eigenvalue weighted by Gasteiger charge is -2.29. The number of aromatic amines is 1. The third-order valence-electron chi connectivity index (χ3n) is 10.4. The first-order valence-corrected chi connectivity index (χ1v) is 20.9. The summed E-state index contributed by atoms with van der Waals surface area (Å²) in [5.74, 6) is -5.28. The summed E-state index contributed by atoms with van der Waals surface area (Å²) >= 11 is 0. The molecule has 2 aromatic carbocycles. The van der Waals surface area contributed by atoms with Crippen LogP contribution in [0.25, 0.3) is 10.9 Å². The lowest BCUT2D eigenvalue weighted by molar-refractivity contribution is -0.139. The van der Waals surface area contributed by atoms with Gasteiger partial charge in [0.1, 0.15) is 36.8 Å². The molecule has 9 N–H and O–H groups in total. The molecule has 326 valence electrons. The molecule has 0 bridgehead atoms. The maximum absolute atomic E-state index is 14.5. The van der Waals surface area contributed by atoms with Gasteiger partial charge < -0.3 is 47.3 Å². The van der Waals surface area contributed by atoms with E-state index >= 15 is 0 Å². The predicted molar refractivity (Wildman–Crippen MR) is 227 cm³/mol. The first-order chi connectivity index (χ1) is 28.5. The molecule has 3 aromatic rings. The summed E-state index contributed by atoms with van der Waals surface area (Å²) in [6.07, 6.45) is 3.86. The van der Waals surface area contributed by atoms with Crippen LogP contribution in [0.5, 0.6) is 0 Å². The number of rotatable bonds is 22. The van der Waals surface area contributed by atoms with Crippen LogP contribution < -0.4 is 37.2 Å². The average molecular weight is 831 g/mol. The number of hydrogen-bond donors (Lipinski definition) is 9. The SMILES string of the molecule is CC(C)C[C@H](NC(=O)[C@H](Cc1c[nH]c2ccccc12)NC(=O)[C@H](Cc1ccccc1)NC(=O)[C@@H]1CCCN1)C(=O)N[C@H](C(=O)N[C@@H](CC(C)C)C(=O)NCC(=O)O)C(C)C. The quantitative estimate of drug-likeness (QED) is 0.0720. The van der Waals surface area contributed by atoms with Crippen LogP contribution in [0.1, 0.15) is 78.4 Å². The van der Waals surface area contributed by atoms with Crippen molar-refractivity contribution >= 4 is 52.3 Å². The zero-order valence-electron chi connectivity index (χ0n) is 35.4. The standard InChI is InChI=1S/C44H62N8O8/c1-25(2)19-33(39(55)47-24-37(53)54)51-44(60)38(27(5)6)52-43(59)34(20-26(3)4)48-42(58)36(22-29-23-46-31-16-11-10-15-30(29)31)50-41(57)35(21-28-13-8-7-9-14-28)49-40(56)32-17-12-18-45-32/h7-11,13-16,23,25-27,32-36,38,45-46H,12,17-22,24H2,1-6H3,(H,47,55)(H,48,58)(H,49,56)(H,50,57)(H,51,60)(H,52,59)(H,53,54)/t32-,33-,34-,35-,36-,38-/m0/s1. The topological polar surface area (TPSA) is 240 Å². The van der Waals surface area contributed by atoms with Crippen molar-refractivity contribution in [3.05, 3.63) is 71.9 Å². The molecule has 16 heteroatoms. The Kier molecular flexibility index (Phi) is 17.6. The summed E-state index contributed by atoms with van der Waals surface area (Å²) in [6.45, 7) is 11.0. The number of para-hydroxylation sites is 1. The number of aromatic nitrogens is 1. The van der Waals surface area contributed by atoms with Gasteiger partial charge in [-0.2, -0.15) is 0 Å². The number of H-pyrrole nitrogens is 1. The molecule has 0 saturated carbocycles. The lowest BCUT2D eigenvalue weighted by Crippen LogP contribution is -2.61. The average Bonchev–Trinajstić information content (AvgIpc) is 3.89. The second-order valence-electron chi connectivity index (χ2n) is 16.7. The van der Waals surface area contributed by atoms with E-state index in [9.17, 15) is 33.6 Å². The van der Waals surface area contributed by atoms with Crippen molar-refractivity contribution in [1.82, 2.24) is 42.2 Å².